The number of aryl methyl sites for hydroxylation is 1. The third-order valence-corrected chi connectivity index (χ3v) is 2.59. The summed E-state index contributed by atoms with van der Waals surface area (Å²) in [7, 11) is 0. The second kappa shape index (κ2) is 6.14. The number of carbonyl (C=O) groups is 1. The van der Waals surface area contributed by atoms with Gasteiger partial charge in [0.2, 0.25) is 0 Å². The van der Waals surface area contributed by atoms with Crippen LogP contribution in [0.25, 0.3) is 0 Å². The molecule has 1 aromatic carbocycles. The first kappa shape index (κ1) is 14.9. The summed E-state index contributed by atoms with van der Waals surface area (Å²) in [6, 6.07) is 2.82. The zero-order chi connectivity index (χ0) is 14.6. The number of hydrogen-bond acceptors (Lipinski definition) is 5. The maximum atomic E-state index is 11.9. The number of anilines is 1. The zero-order valence-corrected chi connectivity index (χ0v) is 10.8. The number of nitro groups is 1. The minimum atomic E-state index is -0.616. The van der Waals surface area contributed by atoms with E-state index in [1.165, 1.54) is 12.1 Å². The smallest absolute Gasteiger partial charge is 0.293 e. The highest BCUT2D eigenvalue weighted by atomic mass is 16.6. The number of nitrogen functional groups attached to an aromatic ring is 1. The normalized spacial score (nSPS) is 11.9. The van der Waals surface area contributed by atoms with Gasteiger partial charge in [0.05, 0.1) is 16.6 Å². The van der Waals surface area contributed by atoms with Crippen molar-refractivity contribution in [3.8, 4) is 0 Å². The van der Waals surface area contributed by atoms with Crippen molar-refractivity contribution in [2.45, 2.75) is 26.4 Å². The molecular formula is C12H17N3O4. The van der Waals surface area contributed by atoms with Gasteiger partial charge in [-0.15, -0.1) is 0 Å². The number of nitrogens with zero attached hydrogens (tertiary/aromatic N) is 1. The van der Waals surface area contributed by atoms with Gasteiger partial charge in [-0.1, -0.05) is 0 Å². The average Bonchev–Trinajstić information content (AvgIpc) is 2.30. The number of amides is 1. The van der Waals surface area contributed by atoms with E-state index in [0.717, 1.165) is 0 Å². The SMILES string of the molecule is Cc1cc(C(=O)NCCC(C)O)c(N)c([N+](=O)[O-])c1. The standard InChI is InChI=1S/C12H17N3O4/c1-7-5-9(11(13)10(6-7)15(18)19)12(17)14-4-3-8(2)16/h5-6,8,16H,3-4,13H2,1-2H3,(H,14,17). The Hall–Kier alpha value is -2.15. The fraction of sp³-hybridized carbons (Fsp3) is 0.417. The molecule has 0 saturated carbocycles. The molecule has 0 radical (unpaired) electrons. The number of aliphatic hydroxyl groups excluding tert-OH is 1. The Balaban J connectivity index is 2.94. The number of benzene rings is 1. The topological polar surface area (TPSA) is 118 Å². The fourth-order valence-electron chi connectivity index (χ4n) is 1.61. The Morgan fingerprint density at radius 3 is 2.74 bits per heavy atom. The highest BCUT2D eigenvalue weighted by Crippen LogP contribution is 2.26. The molecule has 7 heteroatoms. The lowest BCUT2D eigenvalue weighted by Crippen LogP contribution is -2.27. The predicted molar refractivity (Wildman–Crippen MR) is 70.9 cm³/mol. The first-order chi connectivity index (χ1) is 8.82. The van der Waals surface area contributed by atoms with Crippen LogP contribution in [0.3, 0.4) is 0 Å². The molecule has 1 aromatic rings. The number of aliphatic hydroxyl groups is 1. The molecule has 0 bridgehead atoms. The maximum Gasteiger partial charge on any atom is 0.293 e. The van der Waals surface area contributed by atoms with Crippen LogP contribution in [-0.2, 0) is 0 Å². The second-order valence-electron chi connectivity index (χ2n) is 4.40. The van der Waals surface area contributed by atoms with E-state index in [9.17, 15) is 14.9 Å². The zero-order valence-electron chi connectivity index (χ0n) is 10.8. The van der Waals surface area contributed by atoms with Crippen LogP contribution in [0.4, 0.5) is 11.4 Å². The number of nitro benzene ring substituents is 1. The van der Waals surface area contributed by atoms with Gasteiger partial charge in [-0.3, -0.25) is 14.9 Å². The minimum Gasteiger partial charge on any atom is -0.393 e. The molecule has 1 unspecified atom stereocenters. The van der Waals surface area contributed by atoms with Gasteiger partial charge >= 0.3 is 0 Å². The lowest BCUT2D eigenvalue weighted by atomic mass is 10.1. The first-order valence-electron chi connectivity index (χ1n) is 5.83. The van der Waals surface area contributed by atoms with Gasteiger partial charge in [-0.2, -0.15) is 0 Å². The van der Waals surface area contributed by atoms with Gasteiger partial charge in [0, 0.05) is 12.6 Å². The minimum absolute atomic E-state index is 0.0808. The average molecular weight is 267 g/mol. The fourth-order valence-corrected chi connectivity index (χ4v) is 1.61. The molecule has 1 amide bonds. The van der Waals surface area contributed by atoms with Crippen LogP contribution in [0.5, 0.6) is 0 Å². The van der Waals surface area contributed by atoms with Crippen molar-refractivity contribution in [1.29, 1.82) is 0 Å². The molecule has 7 nitrogen and oxygen atoms in total. The van der Waals surface area contributed by atoms with Crippen molar-refractivity contribution >= 4 is 17.3 Å². The molecule has 0 aliphatic rings. The van der Waals surface area contributed by atoms with Crippen LogP contribution in [0, 0.1) is 17.0 Å². The predicted octanol–water partition coefficient (Wildman–Crippen LogP) is 0.986. The number of nitrogens with one attached hydrogen (secondary N) is 1. The number of rotatable bonds is 5. The summed E-state index contributed by atoms with van der Waals surface area (Å²) in [5, 5.41) is 22.5. The van der Waals surface area contributed by atoms with Crippen molar-refractivity contribution in [3.05, 3.63) is 33.4 Å². The van der Waals surface area contributed by atoms with E-state index in [2.05, 4.69) is 5.32 Å². The molecular weight excluding hydrogens is 250 g/mol. The van der Waals surface area contributed by atoms with Gasteiger partial charge < -0.3 is 16.2 Å². The summed E-state index contributed by atoms with van der Waals surface area (Å²) >= 11 is 0. The summed E-state index contributed by atoms with van der Waals surface area (Å²) in [5.41, 5.74) is 5.87. The van der Waals surface area contributed by atoms with E-state index in [4.69, 9.17) is 10.8 Å². The van der Waals surface area contributed by atoms with E-state index < -0.39 is 16.9 Å². The molecule has 4 N–H and O–H groups in total. The van der Waals surface area contributed by atoms with Crippen LogP contribution >= 0.6 is 0 Å². The Morgan fingerprint density at radius 1 is 1.58 bits per heavy atom. The van der Waals surface area contributed by atoms with E-state index in [-0.39, 0.29) is 23.5 Å². The van der Waals surface area contributed by atoms with Crippen molar-refractivity contribution in [2.24, 2.45) is 0 Å². The molecule has 1 rings (SSSR count). The summed E-state index contributed by atoms with van der Waals surface area (Å²) < 4.78 is 0. The Labute approximate surface area is 110 Å². The van der Waals surface area contributed by atoms with E-state index in [1.54, 1.807) is 13.8 Å². The van der Waals surface area contributed by atoms with Crippen LogP contribution in [0.1, 0.15) is 29.3 Å². The molecule has 0 heterocycles. The van der Waals surface area contributed by atoms with Crippen molar-refractivity contribution in [2.75, 3.05) is 12.3 Å². The van der Waals surface area contributed by atoms with Crippen LogP contribution in [0.2, 0.25) is 0 Å². The number of carbonyl (C=O) groups excluding carboxylic acids is 1. The molecule has 0 saturated heterocycles. The van der Waals surface area contributed by atoms with Gasteiger partial charge in [-0.05, 0) is 31.9 Å². The molecule has 0 spiro atoms. The van der Waals surface area contributed by atoms with Crippen LogP contribution in [0.15, 0.2) is 12.1 Å². The van der Waals surface area contributed by atoms with Crippen molar-refractivity contribution < 1.29 is 14.8 Å². The Morgan fingerprint density at radius 2 is 2.21 bits per heavy atom. The highest BCUT2D eigenvalue weighted by Gasteiger charge is 2.20. The Bertz CT molecular complexity index is 500. The molecule has 0 aliphatic carbocycles. The van der Waals surface area contributed by atoms with Gasteiger partial charge in [-0.25, -0.2) is 0 Å². The molecule has 0 aliphatic heterocycles. The van der Waals surface area contributed by atoms with Crippen molar-refractivity contribution in [3.63, 3.8) is 0 Å². The first-order valence-corrected chi connectivity index (χ1v) is 5.83. The summed E-state index contributed by atoms with van der Waals surface area (Å²) in [5.74, 6) is -0.482. The third-order valence-electron chi connectivity index (χ3n) is 2.59. The van der Waals surface area contributed by atoms with E-state index in [1.807, 2.05) is 0 Å². The summed E-state index contributed by atoms with van der Waals surface area (Å²) in [4.78, 5) is 22.1. The Kier molecular flexibility index (Phi) is 4.82. The van der Waals surface area contributed by atoms with Gasteiger partial charge in [0.25, 0.3) is 11.6 Å². The van der Waals surface area contributed by atoms with E-state index in [0.29, 0.717) is 12.0 Å². The molecule has 0 aromatic heterocycles. The molecule has 1 atom stereocenters. The lowest BCUT2D eigenvalue weighted by molar-refractivity contribution is -0.384. The van der Waals surface area contributed by atoms with Gasteiger partial charge in [0.1, 0.15) is 5.69 Å². The lowest BCUT2D eigenvalue weighted by Gasteiger charge is -2.09. The second-order valence-corrected chi connectivity index (χ2v) is 4.40. The van der Waals surface area contributed by atoms with Crippen LogP contribution in [-0.4, -0.2) is 28.6 Å². The monoisotopic (exact) mass is 267 g/mol. The molecule has 19 heavy (non-hydrogen) atoms. The van der Waals surface area contributed by atoms with Crippen LogP contribution < -0.4 is 11.1 Å². The van der Waals surface area contributed by atoms with E-state index >= 15 is 0 Å². The van der Waals surface area contributed by atoms with Crippen molar-refractivity contribution in [1.82, 2.24) is 5.32 Å². The maximum absolute atomic E-state index is 11.9. The highest BCUT2D eigenvalue weighted by molar-refractivity contribution is 6.01. The quantitative estimate of drug-likeness (QED) is 0.417. The number of nitrogens with two attached hydrogens (primary N) is 1. The molecule has 0 fully saturated rings. The molecule has 104 valence electrons. The largest absolute Gasteiger partial charge is 0.393 e. The van der Waals surface area contributed by atoms with Gasteiger partial charge in [0.15, 0.2) is 0 Å². The summed E-state index contributed by atoms with van der Waals surface area (Å²) in [6.45, 7) is 3.54. The number of hydrogen-bond donors (Lipinski definition) is 3. The third kappa shape index (κ3) is 3.92. The summed E-state index contributed by atoms with van der Waals surface area (Å²) in [6.07, 6.45) is -0.121.